The van der Waals surface area contributed by atoms with Gasteiger partial charge in [-0.15, -0.1) is 0 Å². The van der Waals surface area contributed by atoms with Crippen molar-refractivity contribution in [3.63, 3.8) is 0 Å². The summed E-state index contributed by atoms with van der Waals surface area (Å²) in [5.41, 5.74) is 5.59. The highest BCUT2D eigenvalue weighted by Crippen LogP contribution is 2.26. The van der Waals surface area contributed by atoms with Crippen molar-refractivity contribution in [3.8, 4) is 11.1 Å². The summed E-state index contributed by atoms with van der Waals surface area (Å²) in [7, 11) is 1.96. The number of hydrogen-bond acceptors (Lipinski definition) is 1. The number of hydrogen-bond donors (Lipinski definition) is 0. The zero-order valence-electron chi connectivity index (χ0n) is 9.61. The van der Waals surface area contributed by atoms with Crippen LogP contribution in [0.1, 0.15) is 24.0 Å². The normalized spacial score (nSPS) is 14.8. The average molecular weight is 212 g/mol. The van der Waals surface area contributed by atoms with Crippen LogP contribution < -0.4 is 0 Å². The van der Waals surface area contributed by atoms with E-state index in [-0.39, 0.29) is 0 Å². The maximum absolute atomic E-state index is 4.22. The number of fused-ring (bicyclic) bond motifs is 1. The first-order valence-corrected chi connectivity index (χ1v) is 5.94. The smallest absolute Gasteiger partial charge is 0.0568 e. The summed E-state index contributed by atoms with van der Waals surface area (Å²) in [6.07, 6.45) is 9.18. The Hall–Kier alpha value is -1.57. The van der Waals surface area contributed by atoms with Crippen LogP contribution in [0.3, 0.4) is 0 Å². The number of aryl methyl sites for hydroxylation is 3. The number of benzene rings is 1. The van der Waals surface area contributed by atoms with Crippen LogP contribution in [0.25, 0.3) is 11.1 Å². The summed E-state index contributed by atoms with van der Waals surface area (Å²) in [4.78, 5) is 0. The molecule has 0 saturated heterocycles. The molecule has 82 valence electrons. The summed E-state index contributed by atoms with van der Waals surface area (Å²) >= 11 is 0. The molecule has 0 fully saturated rings. The van der Waals surface area contributed by atoms with Crippen LogP contribution in [0.2, 0.25) is 0 Å². The van der Waals surface area contributed by atoms with Crippen molar-refractivity contribution < 1.29 is 0 Å². The zero-order chi connectivity index (χ0) is 11.0. The van der Waals surface area contributed by atoms with E-state index in [1.807, 2.05) is 17.9 Å². The van der Waals surface area contributed by atoms with Gasteiger partial charge in [-0.2, -0.15) is 5.10 Å². The minimum atomic E-state index is 1.22. The van der Waals surface area contributed by atoms with Crippen molar-refractivity contribution in [3.05, 3.63) is 41.7 Å². The van der Waals surface area contributed by atoms with Gasteiger partial charge in [0.05, 0.1) is 6.20 Å². The summed E-state index contributed by atoms with van der Waals surface area (Å²) in [5, 5.41) is 4.22. The molecule has 0 amide bonds. The Morgan fingerprint density at radius 3 is 2.62 bits per heavy atom. The van der Waals surface area contributed by atoms with Crippen LogP contribution in [0.4, 0.5) is 0 Å². The van der Waals surface area contributed by atoms with Gasteiger partial charge in [-0.05, 0) is 42.4 Å². The van der Waals surface area contributed by atoms with Gasteiger partial charge in [-0.3, -0.25) is 4.68 Å². The SMILES string of the molecule is Cn1cc(-c2ccc3c(c2)CCCC3)cn1. The molecule has 0 N–H and O–H groups in total. The van der Waals surface area contributed by atoms with Crippen LogP contribution in [0.5, 0.6) is 0 Å². The van der Waals surface area contributed by atoms with Crippen molar-refractivity contribution >= 4 is 0 Å². The maximum atomic E-state index is 4.22. The first-order valence-electron chi connectivity index (χ1n) is 5.94. The van der Waals surface area contributed by atoms with E-state index in [9.17, 15) is 0 Å². The Balaban J connectivity index is 2.02. The van der Waals surface area contributed by atoms with Gasteiger partial charge in [0.15, 0.2) is 0 Å². The van der Waals surface area contributed by atoms with Crippen molar-refractivity contribution in [2.45, 2.75) is 25.7 Å². The molecule has 1 aliphatic carbocycles. The molecule has 2 nitrogen and oxygen atoms in total. The van der Waals surface area contributed by atoms with E-state index in [1.165, 1.54) is 42.4 Å². The molecule has 0 spiro atoms. The monoisotopic (exact) mass is 212 g/mol. The Morgan fingerprint density at radius 1 is 1.06 bits per heavy atom. The van der Waals surface area contributed by atoms with Crippen LogP contribution in [0, 0.1) is 0 Å². The van der Waals surface area contributed by atoms with E-state index in [2.05, 4.69) is 29.5 Å². The van der Waals surface area contributed by atoms with Gasteiger partial charge in [-0.1, -0.05) is 18.2 Å². The minimum absolute atomic E-state index is 1.22. The first kappa shape index (κ1) is 9.64. The second-order valence-electron chi connectivity index (χ2n) is 4.59. The lowest BCUT2D eigenvalue weighted by Crippen LogP contribution is -2.02. The third kappa shape index (κ3) is 1.64. The average Bonchev–Trinajstić information content (AvgIpc) is 2.75. The lowest BCUT2D eigenvalue weighted by Gasteiger charge is -2.16. The number of nitrogens with zero attached hydrogens (tertiary/aromatic N) is 2. The highest BCUT2D eigenvalue weighted by molar-refractivity contribution is 5.63. The van der Waals surface area contributed by atoms with Gasteiger partial charge in [-0.25, -0.2) is 0 Å². The highest BCUT2D eigenvalue weighted by Gasteiger charge is 2.10. The molecular weight excluding hydrogens is 196 g/mol. The molecule has 3 rings (SSSR count). The summed E-state index contributed by atoms with van der Waals surface area (Å²) in [5.74, 6) is 0. The topological polar surface area (TPSA) is 17.8 Å². The summed E-state index contributed by atoms with van der Waals surface area (Å²) in [6.45, 7) is 0. The molecule has 1 aromatic heterocycles. The summed E-state index contributed by atoms with van der Waals surface area (Å²) < 4.78 is 1.86. The van der Waals surface area contributed by atoms with E-state index in [4.69, 9.17) is 0 Å². The van der Waals surface area contributed by atoms with Crippen molar-refractivity contribution in [2.24, 2.45) is 7.05 Å². The van der Waals surface area contributed by atoms with Gasteiger partial charge in [0.25, 0.3) is 0 Å². The Bertz CT molecular complexity index is 511. The molecule has 1 aliphatic rings. The van der Waals surface area contributed by atoms with Gasteiger partial charge in [0.2, 0.25) is 0 Å². The fourth-order valence-electron chi connectivity index (χ4n) is 2.48. The predicted octanol–water partition coefficient (Wildman–Crippen LogP) is 2.97. The Kier molecular flexibility index (Phi) is 2.28. The zero-order valence-corrected chi connectivity index (χ0v) is 9.61. The summed E-state index contributed by atoms with van der Waals surface area (Å²) in [6, 6.07) is 6.85. The molecule has 0 saturated carbocycles. The molecule has 0 bridgehead atoms. The second-order valence-corrected chi connectivity index (χ2v) is 4.59. The quantitative estimate of drug-likeness (QED) is 0.710. The molecule has 2 aromatic rings. The van der Waals surface area contributed by atoms with E-state index in [0.29, 0.717) is 0 Å². The fraction of sp³-hybridized carbons (Fsp3) is 0.357. The van der Waals surface area contributed by atoms with Gasteiger partial charge < -0.3 is 0 Å². The van der Waals surface area contributed by atoms with Crippen LogP contribution in [-0.4, -0.2) is 9.78 Å². The molecule has 0 unspecified atom stereocenters. The van der Waals surface area contributed by atoms with Crippen LogP contribution in [0.15, 0.2) is 30.6 Å². The maximum Gasteiger partial charge on any atom is 0.0568 e. The lowest BCUT2D eigenvalue weighted by molar-refractivity contribution is 0.686. The molecule has 1 aromatic carbocycles. The standard InChI is InChI=1S/C14H16N2/c1-16-10-14(9-15-16)13-7-6-11-4-2-3-5-12(11)8-13/h6-10H,2-5H2,1H3. The minimum Gasteiger partial charge on any atom is -0.275 e. The molecule has 0 aliphatic heterocycles. The number of rotatable bonds is 1. The van der Waals surface area contributed by atoms with Crippen LogP contribution in [-0.2, 0) is 19.9 Å². The Morgan fingerprint density at radius 2 is 1.88 bits per heavy atom. The molecule has 1 heterocycles. The van der Waals surface area contributed by atoms with Gasteiger partial charge in [0.1, 0.15) is 0 Å². The third-order valence-corrected chi connectivity index (χ3v) is 3.39. The van der Waals surface area contributed by atoms with E-state index >= 15 is 0 Å². The fourth-order valence-corrected chi connectivity index (χ4v) is 2.48. The van der Waals surface area contributed by atoms with Crippen molar-refractivity contribution in [1.29, 1.82) is 0 Å². The number of aromatic nitrogens is 2. The van der Waals surface area contributed by atoms with Crippen molar-refractivity contribution in [1.82, 2.24) is 9.78 Å². The third-order valence-electron chi connectivity index (χ3n) is 3.39. The molecule has 0 atom stereocenters. The predicted molar refractivity (Wildman–Crippen MR) is 65.3 cm³/mol. The molecular formula is C14H16N2. The van der Waals surface area contributed by atoms with Crippen LogP contribution >= 0.6 is 0 Å². The lowest BCUT2D eigenvalue weighted by atomic mass is 9.89. The molecule has 2 heteroatoms. The van der Waals surface area contributed by atoms with E-state index in [0.717, 1.165) is 0 Å². The van der Waals surface area contributed by atoms with E-state index < -0.39 is 0 Å². The molecule has 16 heavy (non-hydrogen) atoms. The van der Waals surface area contributed by atoms with Gasteiger partial charge in [0, 0.05) is 18.8 Å². The second kappa shape index (κ2) is 3.78. The largest absolute Gasteiger partial charge is 0.275 e. The Labute approximate surface area is 95.9 Å². The molecule has 0 radical (unpaired) electrons. The van der Waals surface area contributed by atoms with E-state index in [1.54, 1.807) is 5.56 Å². The highest BCUT2D eigenvalue weighted by atomic mass is 15.2. The van der Waals surface area contributed by atoms with Crippen molar-refractivity contribution in [2.75, 3.05) is 0 Å². The first-order chi connectivity index (χ1) is 7.83. The van der Waals surface area contributed by atoms with Gasteiger partial charge >= 0.3 is 0 Å².